The maximum absolute atomic E-state index is 3.90. The van der Waals surface area contributed by atoms with Crippen molar-refractivity contribution < 1.29 is 0 Å². The maximum Gasteiger partial charge on any atom is 0.0170 e. The molecule has 17 heavy (non-hydrogen) atoms. The molecule has 90 valence electrons. The van der Waals surface area contributed by atoms with Crippen LogP contribution in [0.5, 0.6) is 0 Å². The molecule has 0 aromatic heterocycles. The quantitative estimate of drug-likeness (QED) is 0.700. The number of likely N-dealkylation sites (tertiary alicyclic amines) is 1. The fourth-order valence-electron chi connectivity index (χ4n) is 3.69. The van der Waals surface area contributed by atoms with E-state index in [0.29, 0.717) is 0 Å². The standard InChI is InChI=1S/C16H21N/c1-2-11-17-12-5-8-15-14-7-4-3-6-13(14)9-10-16(15)17/h2-4,6-7,15-16H,1,5,8-12H2/t15-,16-/m1/s1. The lowest BCUT2D eigenvalue weighted by molar-refractivity contribution is 0.126. The minimum atomic E-state index is 0.761. The highest BCUT2D eigenvalue weighted by molar-refractivity contribution is 5.34. The van der Waals surface area contributed by atoms with Crippen LogP contribution in [0.3, 0.4) is 0 Å². The topological polar surface area (TPSA) is 3.24 Å². The molecular weight excluding hydrogens is 206 g/mol. The largest absolute Gasteiger partial charge is 0.296 e. The van der Waals surface area contributed by atoms with E-state index in [1.165, 1.54) is 32.2 Å². The molecule has 0 amide bonds. The van der Waals surface area contributed by atoms with Crippen molar-refractivity contribution >= 4 is 0 Å². The number of benzene rings is 1. The van der Waals surface area contributed by atoms with Crippen LogP contribution in [0.2, 0.25) is 0 Å². The molecule has 3 rings (SSSR count). The zero-order chi connectivity index (χ0) is 11.7. The second-order valence-corrected chi connectivity index (χ2v) is 5.34. The van der Waals surface area contributed by atoms with Crippen LogP contribution < -0.4 is 0 Å². The molecule has 0 radical (unpaired) electrons. The van der Waals surface area contributed by atoms with Gasteiger partial charge in [-0.25, -0.2) is 0 Å². The number of rotatable bonds is 2. The summed E-state index contributed by atoms with van der Waals surface area (Å²) in [5.74, 6) is 0.772. The van der Waals surface area contributed by atoms with E-state index in [0.717, 1.165) is 18.5 Å². The van der Waals surface area contributed by atoms with Crippen LogP contribution in [0.1, 0.15) is 36.3 Å². The van der Waals surface area contributed by atoms with Gasteiger partial charge in [-0.3, -0.25) is 4.90 Å². The molecule has 1 fully saturated rings. The van der Waals surface area contributed by atoms with Gasteiger partial charge in [-0.1, -0.05) is 30.3 Å². The van der Waals surface area contributed by atoms with Crippen LogP contribution in [0, 0.1) is 0 Å². The van der Waals surface area contributed by atoms with E-state index in [4.69, 9.17) is 0 Å². The van der Waals surface area contributed by atoms with E-state index in [1.54, 1.807) is 11.1 Å². The highest BCUT2D eigenvalue weighted by Gasteiger charge is 2.35. The number of hydrogen-bond donors (Lipinski definition) is 0. The Hall–Kier alpha value is -1.08. The van der Waals surface area contributed by atoms with Crippen LogP contribution in [-0.2, 0) is 6.42 Å². The number of aryl methyl sites for hydroxylation is 1. The Morgan fingerprint density at radius 3 is 3.06 bits per heavy atom. The van der Waals surface area contributed by atoms with Crippen molar-refractivity contribution in [3.63, 3.8) is 0 Å². The molecule has 1 nitrogen and oxygen atoms in total. The summed E-state index contributed by atoms with van der Waals surface area (Å²) in [4.78, 5) is 2.64. The summed E-state index contributed by atoms with van der Waals surface area (Å²) in [5.41, 5.74) is 3.21. The highest BCUT2D eigenvalue weighted by Crippen LogP contribution is 2.40. The summed E-state index contributed by atoms with van der Waals surface area (Å²) in [7, 11) is 0. The van der Waals surface area contributed by atoms with Crippen molar-refractivity contribution in [1.29, 1.82) is 0 Å². The second kappa shape index (κ2) is 4.66. The van der Waals surface area contributed by atoms with Crippen LogP contribution in [0.25, 0.3) is 0 Å². The molecule has 0 spiro atoms. The third kappa shape index (κ3) is 1.93. The van der Waals surface area contributed by atoms with Gasteiger partial charge in [0.05, 0.1) is 0 Å². The zero-order valence-electron chi connectivity index (χ0n) is 10.4. The monoisotopic (exact) mass is 227 g/mol. The number of fused-ring (bicyclic) bond motifs is 3. The second-order valence-electron chi connectivity index (χ2n) is 5.34. The average Bonchev–Trinajstić information content (AvgIpc) is 2.39. The van der Waals surface area contributed by atoms with Crippen LogP contribution in [-0.4, -0.2) is 24.0 Å². The Labute approximate surface area is 104 Å². The van der Waals surface area contributed by atoms with Gasteiger partial charge in [-0.15, -0.1) is 6.58 Å². The lowest BCUT2D eigenvalue weighted by atomic mass is 9.74. The van der Waals surface area contributed by atoms with E-state index >= 15 is 0 Å². The summed E-state index contributed by atoms with van der Waals surface area (Å²) in [6.45, 7) is 6.21. The SMILES string of the molecule is C=CCN1CCC[C@@H]2c3ccccc3CC[C@H]21. The van der Waals surface area contributed by atoms with Crippen molar-refractivity contribution in [3.05, 3.63) is 48.0 Å². The lowest BCUT2D eigenvalue weighted by Crippen LogP contribution is -2.46. The third-order valence-electron chi connectivity index (χ3n) is 4.42. The van der Waals surface area contributed by atoms with Crippen molar-refractivity contribution in [2.45, 2.75) is 37.6 Å². The molecule has 1 heteroatoms. The summed E-state index contributed by atoms with van der Waals surface area (Å²) >= 11 is 0. The summed E-state index contributed by atoms with van der Waals surface area (Å²) < 4.78 is 0. The van der Waals surface area contributed by atoms with Gasteiger partial charge in [-0.2, -0.15) is 0 Å². The maximum atomic E-state index is 3.90. The predicted octanol–water partition coefficient (Wildman–Crippen LogP) is 3.37. The molecule has 2 atom stereocenters. The highest BCUT2D eigenvalue weighted by atomic mass is 15.2. The zero-order valence-corrected chi connectivity index (χ0v) is 10.4. The van der Waals surface area contributed by atoms with Crippen molar-refractivity contribution in [1.82, 2.24) is 4.90 Å². The van der Waals surface area contributed by atoms with Crippen LogP contribution >= 0.6 is 0 Å². The van der Waals surface area contributed by atoms with Gasteiger partial charge in [0.25, 0.3) is 0 Å². The van der Waals surface area contributed by atoms with E-state index in [2.05, 4.69) is 41.8 Å². The van der Waals surface area contributed by atoms with Gasteiger partial charge >= 0.3 is 0 Å². The Morgan fingerprint density at radius 1 is 1.29 bits per heavy atom. The number of hydrogen-bond acceptors (Lipinski definition) is 1. The molecule has 0 unspecified atom stereocenters. The molecule has 0 bridgehead atoms. The van der Waals surface area contributed by atoms with Gasteiger partial charge in [0.15, 0.2) is 0 Å². The fraction of sp³-hybridized carbons (Fsp3) is 0.500. The van der Waals surface area contributed by atoms with Gasteiger partial charge < -0.3 is 0 Å². The third-order valence-corrected chi connectivity index (χ3v) is 4.42. The average molecular weight is 227 g/mol. The number of piperidine rings is 1. The minimum Gasteiger partial charge on any atom is -0.296 e. The minimum absolute atomic E-state index is 0.761. The molecule has 2 aliphatic rings. The molecule has 0 saturated carbocycles. The smallest absolute Gasteiger partial charge is 0.0170 e. The van der Waals surface area contributed by atoms with Crippen molar-refractivity contribution in [2.24, 2.45) is 0 Å². The van der Waals surface area contributed by atoms with Crippen LogP contribution in [0.4, 0.5) is 0 Å². The van der Waals surface area contributed by atoms with Gasteiger partial charge in [-0.05, 0) is 49.3 Å². The molecular formula is C16H21N. The van der Waals surface area contributed by atoms with E-state index in [9.17, 15) is 0 Å². The van der Waals surface area contributed by atoms with E-state index < -0.39 is 0 Å². The van der Waals surface area contributed by atoms with Crippen molar-refractivity contribution in [3.8, 4) is 0 Å². The van der Waals surface area contributed by atoms with Gasteiger partial charge in [0.2, 0.25) is 0 Å². The normalized spacial score (nSPS) is 28.2. The molecule has 1 aromatic carbocycles. The van der Waals surface area contributed by atoms with Gasteiger partial charge in [0, 0.05) is 12.6 Å². The number of nitrogens with zero attached hydrogens (tertiary/aromatic N) is 1. The summed E-state index contributed by atoms with van der Waals surface area (Å²) in [6.07, 6.45) is 7.35. The molecule has 1 aliphatic heterocycles. The molecule has 1 aromatic rings. The molecule has 1 aliphatic carbocycles. The molecule has 1 saturated heterocycles. The Kier molecular flexibility index (Phi) is 3.02. The van der Waals surface area contributed by atoms with Gasteiger partial charge in [0.1, 0.15) is 0 Å². The van der Waals surface area contributed by atoms with Crippen molar-refractivity contribution in [2.75, 3.05) is 13.1 Å². The first-order chi connectivity index (χ1) is 8.40. The molecule has 0 N–H and O–H groups in total. The Morgan fingerprint density at radius 2 is 2.18 bits per heavy atom. The summed E-state index contributed by atoms with van der Waals surface area (Å²) in [6, 6.07) is 9.82. The fourth-order valence-corrected chi connectivity index (χ4v) is 3.69. The summed E-state index contributed by atoms with van der Waals surface area (Å²) in [5, 5.41) is 0. The first kappa shape index (κ1) is 11.0. The first-order valence-corrected chi connectivity index (χ1v) is 6.83. The van der Waals surface area contributed by atoms with E-state index in [1.807, 2.05) is 0 Å². The van der Waals surface area contributed by atoms with E-state index in [-0.39, 0.29) is 0 Å². The first-order valence-electron chi connectivity index (χ1n) is 6.83. The Bertz CT molecular complexity index is 410. The van der Waals surface area contributed by atoms with Crippen LogP contribution in [0.15, 0.2) is 36.9 Å². The molecule has 1 heterocycles. The lowest BCUT2D eigenvalue weighted by Gasteiger charge is -2.44. The Balaban J connectivity index is 1.90. The predicted molar refractivity (Wildman–Crippen MR) is 72.3 cm³/mol.